The number of nitrogens with zero attached hydrogens (tertiary/aromatic N) is 2. The predicted molar refractivity (Wildman–Crippen MR) is 546 cm³/mol. The molecule has 0 amide bonds. The van der Waals surface area contributed by atoms with Crippen molar-refractivity contribution >= 4 is 34.1 Å². The second-order valence-electron chi connectivity index (χ2n) is 37.8. The molecule has 132 heavy (non-hydrogen) atoms. The lowest BCUT2D eigenvalue weighted by molar-refractivity contribution is 0.563. The summed E-state index contributed by atoms with van der Waals surface area (Å²) in [5.41, 5.74) is 46.4. The fourth-order valence-electron chi connectivity index (χ4n) is 25.6. The van der Waals surface area contributed by atoms with Gasteiger partial charge in [-0.25, -0.2) is 0 Å². The minimum Gasteiger partial charge on any atom is -0.310 e. The maximum absolute atomic E-state index is 2.55. The largest absolute Gasteiger partial charge is 0.310 e. The number of fused-ring (bicyclic) bond motifs is 24. The molecule has 0 bridgehead atoms. The Bertz CT molecular complexity index is 7990. The van der Waals surface area contributed by atoms with Crippen LogP contribution in [0.25, 0.3) is 77.9 Å². The topological polar surface area (TPSA) is 6.48 Å². The van der Waals surface area contributed by atoms with Gasteiger partial charge < -0.3 is 9.80 Å². The average Bonchev–Trinajstić information content (AvgIpc) is 1.47. The quantitative estimate of drug-likeness (QED) is 0.114. The maximum Gasteiger partial charge on any atom is 0.0734 e. The fraction of sp³-hybridized carbons (Fsp3) is 0.0769. The molecular formula is C130H92N2. The van der Waals surface area contributed by atoms with E-state index < -0.39 is 21.7 Å². The van der Waals surface area contributed by atoms with E-state index in [4.69, 9.17) is 0 Å². The lowest BCUT2D eigenvalue weighted by Gasteiger charge is -2.47. The molecule has 0 heterocycles. The minimum absolute atomic E-state index is 0.246. The predicted octanol–water partition coefficient (Wildman–Crippen LogP) is 32.4. The Balaban J connectivity index is 0.600. The first-order valence-electron chi connectivity index (χ1n) is 46.6. The standard InChI is InChI=1S/C130H92N2/c1-125(2)111-62-30-33-65-115(111)130(108-59-27-19-51-100(108)101-52-20-28-60-109(101)130)119-83-88(74-80-113(119)125)86-72-78-96(79-73-86)131(94-44-13-7-14-45-94)122-69-36-55-103-102-53-21-24-56-105(102)128(124(103)122,91-41-11-6-12-42-91)93-43-35-38-87(82-93)85-70-76-92(77-71-85)127(90-39-9-5-10-40-90)110-61-29-22-54-104(110)123-117(127)66-37-68-121(123)132(95-46-15-8-16-47-95)120-67-34-23-48-97(120)89-75-81-116-118(84-89)126(3,4)112-63-31-32-64-114(112)129(116)106-57-25-17-49-98(106)99-50-18-26-58-107(99)129/h5-84H,1-4H3. The zero-order chi connectivity index (χ0) is 87.8. The Morgan fingerprint density at radius 2 is 0.470 bits per heavy atom. The van der Waals surface area contributed by atoms with Crippen LogP contribution in [0.4, 0.5) is 34.1 Å². The van der Waals surface area contributed by atoms with Gasteiger partial charge in [-0.15, -0.1) is 0 Å². The Labute approximate surface area is 773 Å². The van der Waals surface area contributed by atoms with Crippen molar-refractivity contribution < 1.29 is 0 Å². The summed E-state index contributed by atoms with van der Waals surface area (Å²) >= 11 is 0. The second-order valence-corrected chi connectivity index (χ2v) is 37.8. The summed E-state index contributed by atoms with van der Waals surface area (Å²) in [6.45, 7) is 9.71. The Kier molecular flexibility index (Phi) is 17.1. The normalized spacial score (nSPS) is 16.5. The monoisotopic (exact) mass is 1680 g/mol. The van der Waals surface area contributed by atoms with Crippen LogP contribution in [0.1, 0.15) is 139 Å². The van der Waals surface area contributed by atoms with Crippen LogP contribution in [0.3, 0.4) is 0 Å². The van der Waals surface area contributed by atoms with Crippen LogP contribution in [-0.4, -0.2) is 0 Å². The van der Waals surface area contributed by atoms with E-state index in [-0.39, 0.29) is 10.8 Å². The van der Waals surface area contributed by atoms with Crippen molar-refractivity contribution in [3.8, 4) is 77.9 Å². The molecule has 6 aliphatic carbocycles. The van der Waals surface area contributed by atoms with E-state index in [0.717, 1.165) is 56.4 Å². The summed E-state index contributed by atoms with van der Waals surface area (Å²) in [5, 5.41) is 0. The van der Waals surface area contributed by atoms with Crippen LogP contribution < -0.4 is 9.80 Å². The molecule has 2 atom stereocenters. The number of anilines is 6. The molecule has 0 saturated carbocycles. The second kappa shape index (κ2) is 29.3. The zero-order valence-corrected chi connectivity index (χ0v) is 74.1. The van der Waals surface area contributed by atoms with E-state index in [1.54, 1.807) is 0 Å². The molecule has 0 N–H and O–H groups in total. The van der Waals surface area contributed by atoms with Crippen molar-refractivity contribution in [1.29, 1.82) is 0 Å². The molecule has 20 aromatic rings. The van der Waals surface area contributed by atoms with E-state index in [2.05, 4.69) is 523 Å². The van der Waals surface area contributed by atoms with Crippen LogP contribution in [0.2, 0.25) is 0 Å². The van der Waals surface area contributed by atoms with Crippen LogP contribution in [0, 0.1) is 0 Å². The van der Waals surface area contributed by atoms with E-state index in [0.29, 0.717) is 0 Å². The molecule has 2 spiro atoms. The van der Waals surface area contributed by atoms with Crippen LogP contribution in [0.15, 0.2) is 485 Å². The molecule has 0 fully saturated rings. The van der Waals surface area contributed by atoms with Crippen molar-refractivity contribution in [2.45, 2.75) is 60.2 Å². The van der Waals surface area contributed by atoms with Gasteiger partial charge in [0.15, 0.2) is 0 Å². The maximum atomic E-state index is 2.55. The van der Waals surface area contributed by atoms with Crippen molar-refractivity contribution in [1.82, 2.24) is 0 Å². The smallest absolute Gasteiger partial charge is 0.0734 e. The van der Waals surface area contributed by atoms with E-state index in [1.807, 2.05) is 0 Å². The molecule has 2 nitrogen and oxygen atoms in total. The Hall–Kier alpha value is -16.0. The number of hydrogen-bond donors (Lipinski definition) is 0. The summed E-state index contributed by atoms with van der Waals surface area (Å²) in [5.74, 6) is 0. The van der Waals surface area contributed by atoms with Gasteiger partial charge in [-0.2, -0.15) is 0 Å². The molecular weight excluding hydrogens is 1590 g/mol. The lowest BCUT2D eigenvalue weighted by Crippen LogP contribution is -2.40. The molecule has 26 rings (SSSR count). The summed E-state index contributed by atoms with van der Waals surface area (Å²) in [6.07, 6.45) is 0. The molecule has 2 unspecified atom stereocenters. The van der Waals surface area contributed by atoms with Crippen LogP contribution >= 0.6 is 0 Å². The van der Waals surface area contributed by atoms with Crippen LogP contribution in [-0.2, 0) is 32.5 Å². The first-order chi connectivity index (χ1) is 65.0. The summed E-state index contributed by atoms with van der Waals surface area (Å²) in [4.78, 5) is 5.07. The average molecular weight is 1680 g/mol. The van der Waals surface area contributed by atoms with Gasteiger partial charge in [-0.1, -0.05) is 440 Å². The van der Waals surface area contributed by atoms with Gasteiger partial charge in [0.2, 0.25) is 0 Å². The molecule has 0 radical (unpaired) electrons. The number of hydrogen-bond acceptors (Lipinski definition) is 2. The molecule has 6 aliphatic rings. The third kappa shape index (κ3) is 10.6. The number of para-hydroxylation sites is 3. The SMILES string of the molecule is CC1(C)c2ccccc2C2(c3ccccc3-c3ccccc32)c2ccc(-c3ccccc3N(c3ccccc3)c3cccc4c3-c3ccccc3C4(c3ccccc3)c3ccc(-c4cccc(C5(c6ccccc6)c6ccccc6-c6cccc(N(c7ccccc7)c7ccc(-c8ccc9c(c8)C8(c%10ccccc%10-c%10ccccc%108)c8ccccc8C9(C)C)cc7)c65)c4)cc3)cc21. The highest BCUT2D eigenvalue weighted by molar-refractivity contribution is 6.02. The Morgan fingerprint density at radius 3 is 1.03 bits per heavy atom. The lowest BCUT2D eigenvalue weighted by atomic mass is 9.55. The van der Waals surface area contributed by atoms with Crippen molar-refractivity contribution in [3.05, 3.63) is 597 Å². The van der Waals surface area contributed by atoms with E-state index in [1.165, 1.54) is 167 Å². The molecule has 0 saturated heterocycles. The van der Waals surface area contributed by atoms with Crippen molar-refractivity contribution in [3.63, 3.8) is 0 Å². The summed E-state index contributed by atoms with van der Waals surface area (Å²) < 4.78 is 0. The van der Waals surface area contributed by atoms with Gasteiger partial charge in [-0.05, 0) is 245 Å². The number of benzene rings is 20. The molecule has 0 aromatic heterocycles. The van der Waals surface area contributed by atoms with Gasteiger partial charge >= 0.3 is 0 Å². The zero-order valence-electron chi connectivity index (χ0n) is 74.1. The van der Waals surface area contributed by atoms with Crippen molar-refractivity contribution in [2.75, 3.05) is 9.80 Å². The molecule has 20 aromatic carbocycles. The van der Waals surface area contributed by atoms with E-state index >= 15 is 0 Å². The third-order valence-corrected chi connectivity index (χ3v) is 31.0. The van der Waals surface area contributed by atoms with Crippen molar-refractivity contribution in [2.24, 2.45) is 0 Å². The molecule has 622 valence electrons. The minimum atomic E-state index is -0.792. The highest BCUT2D eigenvalue weighted by Gasteiger charge is 2.57. The highest BCUT2D eigenvalue weighted by Crippen LogP contribution is 2.68. The summed E-state index contributed by atoms with van der Waals surface area (Å²) in [7, 11) is 0. The first-order valence-corrected chi connectivity index (χ1v) is 46.6. The number of rotatable bonds is 13. The first kappa shape index (κ1) is 77.2. The molecule has 2 heteroatoms. The Morgan fingerprint density at radius 1 is 0.152 bits per heavy atom. The van der Waals surface area contributed by atoms with Gasteiger partial charge in [0.25, 0.3) is 0 Å². The van der Waals surface area contributed by atoms with E-state index in [9.17, 15) is 0 Å². The van der Waals surface area contributed by atoms with Gasteiger partial charge in [0.05, 0.1) is 38.7 Å². The molecule has 0 aliphatic heterocycles. The summed E-state index contributed by atoms with van der Waals surface area (Å²) in [6, 6.07) is 185. The van der Waals surface area contributed by atoms with Gasteiger partial charge in [0.1, 0.15) is 0 Å². The highest BCUT2D eigenvalue weighted by atomic mass is 15.2. The third-order valence-electron chi connectivity index (χ3n) is 31.0. The fourth-order valence-corrected chi connectivity index (χ4v) is 25.6. The van der Waals surface area contributed by atoms with Gasteiger partial charge in [0, 0.05) is 44.6 Å². The van der Waals surface area contributed by atoms with Crippen LogP contribution in [0.5, 0.6) is 0 Å². The van der Waals surface area contributed by atoms with Gasteiger partial charge in [-0.3, -0.25) is 0 Å².